The molecule has 3 aromatic carbocycles. The Morgan fingerprint density at radius 1 is 0.667 bits per heavy atom. The van der Waals surface area contributed by atoms with Gasteiger partial charge < -0.3 is 5.73 Å². The summed E-state index contributed by atoms with van der Waals surface area (Å²) in [5.41, 5.74) is 8.14. The number of nitrogen functional groups attached to an aromatic ring is 1. The van der Waals surface area contributed by atoms with Crippen LogP contribution < -0.4 is 5.73 Å². The van der Waals surface area contributed by atoms with Crippen LogP contribution in [0.1, 0.15) is 0 Å². The molecule has 0 saturated heterocycles. The van der Waals surface area contributed by atoms with Gasteiger partial charge >= 0.3 is 0 Å². The smallest absolute Gasteiger partial charge is 0.131 e. The van der Waals surface area contributed by atoms with Crippen molar-refractivity contribution in [3.63, 3.8) is 0 Å². The number of fused-ring (bicyclic) bond motifs is 1. The maximum atomic E-state index is 13.9. The Balaban J connectivity index is 2.37. The van der Waals surface area contributed by atoms with E-state index in [1.165, 1.54) is 6.07 Å². The van der Waals surface area contributed by atoms with Gasteiger partial charge in [-0.25, -0.2) is 4.39 Å². The zero-order chi connectivity index (χ0) is 12.5. The van der Waals surface area contributed by atoms with Gasteiger partial charge in [0.15, 0.2) is 0 Å². The molecule has 2 N–H and O–H groups in total. The van der Waals surface area contributed by atoms with Crippen molar-refractivity contribution >= 4 is 16.5 Å². The summed E-state index contributed by atoms with van der Waals surface area (Å²) in [4.78, 5) is 0. The number of hydrogen-bond acceptors (Lipinski definition) is 1. The molecule has 18 heavy (non-hydrogen) atoms. The van der Waals surface area contributed by atoms with Crippen LogP contribution in [-0.2, 0) is 0 Å². The van der Waals surface area contributed by atoms with Crippen LogP contribution in [0.3, 0.4) is 0 Å². The van der Waals surface area contributed by atoms with E-state index >= 15 is 0 Å². The lowest BCUT2D eigenvalue weighted by Crippen LogP contribution is -1.89. The van der Waals surface area contributed by atoms with Gasteiger partial charge in [0, 0.05) is 16.6 Å². The molecule has 3 aromatic rings. The van der Waals surface area contributed by atoms with E-state index in [2.05, 4.69) is 0 Å². The van der Waals surface area contributed by atoms with Gasteiger partial charge in [-0.2, -0.15) is 0 Å². The number of benzene rings is 3. The minimum atomic E-state index is -0.215. The monoisotopic (exact) mass is 237 g/mol. The first-order chi connectivity index (χ1) is 8.77. The first-order valence-corrected chi connectivity index (χ1v) is 5.79. The highest BCUT2D eigenvalue weighted by molar-refractivity contribution is 6.02. The van der Waals surface area contributed by atoms with Crippen molar-refractivity contribution in [3.8, 4) is 11.1 Å². The van der Waals surface area contributed by atoms with Crippen LogP contribution in [0, 0.1) is 5.82 Å². The summed E-state index contributed by atoms with van der Waals surface area (Å²) in [7, 11) is 0. The van der Waals surface area contributed by atoms with Crippen molar-refractivity contribution < 1.29 is 4.39 Å². The normalized spacial score (nSPS) is 10.7. The lowest BCUT2D eigenvalue weighted by atomic mass is 9.97. The van der Waals surface area contributed by atoms with Gasteiger partial charge in [0.05, 0.1) is 0 Å². The quantitative estimate of drug-likeness (QED) is 0.630. The van der Waals surface area contributed by atoms with Crippen LogP contribution in [-0.4, -0.2) is 0 Å². The van der Waals surface area contributed by atoms with Gasteiger partial charge in [-0.3, -0.25) is 0 Å². The molecule has 0 aliphatic carbocycles. The molecule has 0 radical (unpaired) electrons. The van der Waals surface area contributed by atoms with E-state index in [9.17, 15) is 4.39 Å². The van der Waals surface area contributed by atoms with E-state index < -0.39 is 0 Å². The third kappa shape index (κ3) is 1.63. The Labute approximate surface area is 105 Å². The largest absolute Gasteiger partial charge is 0.398 e. The van der Waals surface area contributed by atoms with Gasteiger partial charge in [-0.05, 0) is 23.1 Å². The summed E-state index contributed by atoms with van der Waals surface area (Å²) in [5, 5.41) is 1.93. The Bertz CT molecular complexity index is 719. The summed E-state index contributed by atoms with van der Waals surface area (Å²) < 4.78 is 13.9. The highest BCUT2D eigenvalue weighted by atomic mass is 19.1. The number of halogens is 1. The number of rotatable bonds is 1. The van der Waals surface area contributed by atoms with Crippen molar-refractivity contribution in [2.24, 2.45) is 0 Å². The molecule has 0 aliphatic heterocycles. The third-order valence-electron chi connectivity index (χ3n) is 3.12. The molecule has 0 aliphatic rings. The van der Waals surface area contributed by atoms with Crippen molar-refractivity contribution in [1.29, 1.82) is 0 Å². The SMILES string of the molecule is Nc1cccc2c(-c3ccccc3F)cccc12. The molecular weight excluding hydrogens is 225 g/mol. The number of nitrogens with two attached hydrogens (primary N) is 1. The molecular formula is C16H12FN. The van der Waals surface area contributed by atoms with Crippen molar-refractivity contribution in [1.82, 2.24) is 0 Å². The van der Waals surface area contributed by atoms with Gasteiger partial charge in [0.2, 0.25) is 0 Å². The van der Waals surface area contributed by atoms with Crippen LogP contribution in [0.4, 0.5) is 10.1 Å². The average molecular weight is 237 g/mol. The second-order valence-electron chi connectivity index (χ2n) is 4.23. The van der Waals surface area contributed by atoms with E-state index in [0.717, 1.165) is 16.3 Å². The second-order valence-corrected chi connectivity index (χ2v) is 4.23. The van der Waals surface area contributed by atoms with Gasteiger partial charge in [0.25, 0.3) is 0 Å². The predicted molar refractivity (Wildman–Crippen MR) is 73.8 cm³/mol. The highest BCUT2D eigenvalue weighted by Gasteiger charge is 2.08. The fourth-order valence-corrected chi connectivity index (χ4v) is 2.25. The summed E-state index contributed by atoms with van der Waals surface area (Å²) in [5.74, 6) is -0.215. The average Bonchev–Trinajstić information content (AvgIpc) is 2.40. The predicted octanol–water partition coefficient (Wildman–Crippen LogP) is 4.23. The lowest BCUT2D eigenvalue weighted by Gasteiger charge is -2.09. The molecule has 1 nitrogen and oxygen atoms in total. The molecule has 2 heteroatoms. The van der Waals surface area contributed by atoms with Crippen LogP contribution in [0.2, 0.25) is 0 Å². The number of anilines is 1. The second kappa shape index (κ2) is 4.15. The molecule has 0 atom stereocenters. The Hall–Kier alpha value is -2.35. The third-order valence-corrected chi connectivity index (χ3v) is 3.12. The minimum absolute atomic E-state index is 0.215. The maximum Gasteiger partial charge on any atom is 0.131 e. The van der Waals surface area contributed by atoms with Gasteiger partial charge in [-0.15, -0.1) is 0 Å². The molecule has 0 heterocycles. The highest BCUT2D eigenvalue weighted by Crippen LogP contribution is 2.32. The topological polar surface area (TPSA) is 26.0 Å². The minimum Gasteiger partial charge on any atom is -0.398 e. The summed E-state index contributed by atoms with van der Waals surface area (Å²) in [6.07, 6.45) is 0. The maximum absolute atomic E-state index is 13.9. The zero-order valence-corrected chi connectivity index (χ0v) is 9.73. The molecule has 0 aromatic heterocycles. The molecule has 0 amide bonds. The van der Waals surface area contributed by atoms with Gasteiger partial charge in [0.1, 0.15) is 5.82 Å². The van der Waals surface area contributed by atoms with E-state index in [1.54, 1.807) is 12.1 Å². The van der Waals surface area contributed by atoms with E-state index in [-0.39, 0.29) is 5.82 Å². The van der Waals surface area contributed by atoms with Crippen LogP contribution >= 0.6 is 0 Å². The van der Waals surface area contributed by atoms with Crippen molar-refractivity contribution in [3.05, 3.63) is 66.5 Å². The summed E-state index contributed by atoms with van der Waals surface area (Å²) >= 11 is 0. The molecule has 0 unspecified atom stereocenters. The fourth-order valence-electron chi connectivity index (χ4n) is 2.25. The Morgan fingerprint density at radius 2 is 1.33 bits per heavy atom. The van der Waals surface area contributed by atoms with Crippen molar-refractivity contribution in [2.75, 3.05) is 5.73 Å². The first-order valence-electron chi connectivity index (χ1n) is 5.79. The standard InChI is InChI=1S/C16H12FN/c17-15-9-2-1-5-13(15)11-6-3-8-14-12(11)7-4-10-16(14)18/h1-10H,18H2. The van der Waals surface area contributed by atoms with Gasteiger partial charge in [-0.1, -0.05) is 48.5 Å². The Morgan fingerprint density at radius 3 is 2.17 bits per heavy atom. The lowest BCUT2D eigenvalue weighted by molar-refractivity contribution is 0.631. The number of hydrogen-bond donors (Lipinski definition) is 1. The molecule has 0 saturated carbocycles. The van der Waals surface area contributed by atoms with E-state index in [4.69, 9.17) is 5.73 Å². The van der Waals surface area contributed by atoms with Crippen LogP contribution in [0.5, 0.6) is 0 Å². The summed E-state index contributed by atoms with van der Waals surface area (Å²) in [6, 6.07) is 18.3. The fraction of sp³-hybridized carbons (Fsp3) is 0. The zero-order valence-electron chi connectivity index (χ0n) is 9.73. The summed E-state index contributed by atoms with van der Waals surface area (Å²) in [6.45, 7) is 0. The molecule has 3 rings (SSSR count). The molecule has 88 valence electrons. The van der Waals surface area contributed by atoms with E-state index in [1.807, 2.05) is 42.5 Å². The molecule has 0 spiro atoms. The van der Waals surface area contributed by atoms with E-state index in [0.29, 0.717) is 11.3 Å². The molecule has 0 bridgehead atoms. The van der Waals surface area contributed by atoms with Crippen LogP contribution in [0.15, 0.2) is 60.7 Å². The first kappa shape index (κ1) is 10.8. The van der Waals surface area contributed by atoms with Crippen LogP contribution in [0.25, 0.3) is 21.9 Å². The Kier molecular flexibility index (Phi) is 2.49. The van der Waals surface area contributed by atoms with Crippen molar-refractivity contribution in [2.45, 2.75) is 0 Å². The molecule has 0 fully saturated rings.